The number of carbonyl (C=O) groups excluding carboxylic acids is 1. The van der Waals surface area contributed by atoms with Gasteiger partial charge in [0.05, 0.1) is 12.5 Å². The van der Waals surface area contributed by atoms with Gasteiger partial charge < -0.3 is 8.85 Å². The molecule has 1 heterocycles. The third kappa shape index (κ3) is 4.06. The van der Waals surface area contributed by atoms with Crippen LogP contribution in [0.3, 0.4) is 0 Å². The van der Waals surface area contributed by atoms with Crippen molar-refractivity contribution < 1.29 is 13.6 Å². The highest BCUT2D eigenvalue weighted by Gasteiger charge is 2.62. The minimum atomic E-state index is -2.94. The van der Waals surface area contributed by atoms with E-state index in [1.807, 2.05) is 24.3 Å². The van der Waals surface area contributed by atoms with Gasteiger partial charge in [0.2, 0.25) is 0 Å². The summed E-state index contributed by atoms with van der Waals surface area (Å²) < 4.78 is 13.1. The Hall–Kier alpha value is -1.39. The third-order valence-electron chi connectivity index (χ3n) is 4.86. The first-order chi connectivity index (χ1) is 11.5. The average Bonchev–Trinajstić information content (AvgIpc) is 2.55. The molecule has 0 N–H and O–H groups in total. The normalized spacial score (nSPS) is 26.1. The SMILES string of the molecule is C[C@H]1/C=C/CC(=O)O[Si](C(C)(C)C)(C(C)(C)C)O[C@@H]1c1ccccc1. The van der Waals surface area contributed by atoms with Crippen LogP contribution in [0.15, 0.2) is 42.5 Å². The largest absolute Gasteiger partial charge is 0.493 e. The number of rotatable bonds is 1. The minimum Gasteiger partial charge on any atom is -0.493 e. The van der Waals surface area contributed by atoms with Gasteiger partial charge in [0.1, 0.15) is 0 Å². The summed E-state index contributed by atoms with van der Waals surface area (Å²) in [6, 6.07) is 10.3. The van der Waals surface area contributed by atoms with Gasteiger partial charge in [0, 0.05) is 16.0 Å². The zero-order chi connectivity index (χ0) is 18.9. The topological polar surface area (TPSA) is 35.5 Å². The van der Waals surface area contributed by atoms with Crippen LogP contribution in [0, 0.1) is 5.92 Å². The van der Waals surface area contributed by atoms with Crippen LogP contribution in [-0.4, -0.2) is 14.5 Å². The van der Waals surface area contributed by atoms with E-state index < -0.39 is 8.56 Å². The third-order valence-corrected chi connectivity index (χ3v) is 9.91. The van der Waals surface area contributed by atoms with E-state index in [4.69, 9.17) is 8.85 Å². The van der Waals surface area contributed by atoms with Gasteiger partial charge in [-0.25, -0.2) is 0 Å². The van der Waals surface area contributed by atoms with Crippen LogP contribution in [0.5, 0.6) is 0 Å². The molecule has 2 rings (SSSR count). The molecule has 3 nitrogen and oxygen atoms in total. The van der Waals surface area contributed by atoms with Gasteiger partial charge in [-0.05, 0) is 5.56 Å². The van der Waals surface area contributed by atoms with E-state index in [9.17, 15) is 4.79 Å². The Morgan fingerprint density at radius 3 is 2.08 bits per heavy atom. The molecule has 1 aromatic rings. The Kier molecular flexibility index (Phi) is 5.64. The standard InChI is InChI=1S/C21H32O3Si/c1-16-12-11-15-18(22)23-25(20(2,3)4,21(5,6)7)24-19(16)17-13-9-8-10-14-17/h8-14,16,19H,15H2,1-7H3/b12-11+/t16-,19-/m0/s1. The molecule has 0 aromatic heterocycles. The van der Waals surface area contributed by atoms with Crippen molar-refractivity contribution in [1.82, 2.24) is 0 Å². The maximum Gasteiger partial charge on any atom is 0.412 e. The van der Waals surface area contributed by atoms with Crippen molar-refractivity contribution >= 4 is 14.5 Å². The molecular formula is C21H32O3Si. The van der Waals surface area contributed by atoms with Crippen LogP contribution >= 0.6 is 0 Å². The molecule has 1 aliphatic heterocycles. The fourth-order valence-corrected chi connectivity index (χ4v) is 8.52. The zero-order valence-electron chi connectivity index (χ0n) is 16.6. The van der Waals surface area contributed by atoms with Gasteiger partial charge in [-0.2, -0.15) is 0 Å². The summed E-state index contributed by atoms with van der Waals surface area (Å²) in [5.41, 5.74) is 1.13. The van der Waals surface area contributed by atoms with Crippen molar-refractivity contribution in [1.29, 1.82) is 0 Å². The smallest absolute Gasteiger partial charge is 0.412 e. The molecule has 0 fully saturated rings. The second kappa shape index (κ2) is 7.08. The summed E-state index contributed by atoms with van der Waals surface area (Å²) >= 11 is 0. The van der Waals surface area contributed by atoms with E-state index in [0.717, 1.165) is 5.56 Å². The van der Waals surface area contributed by atoms with Crippen LogP contribution in [0.4, 0.5) is 0 Å². The summed E-state index contributed by atoms with van der Waals surface area (Å²) in [6.45, 7) is 15.0. The summed E-state index contributed by atoms with van der Waals surface area (Å²) in [4.78, 5) is 12.5. The minimum absolute atomic E-state index is 0.131. The first kappa shape index (κ1) is 19.9. The second-order valence-electron chi connectivity index (χ2n) is 9.03. The fourth-order valence-electron chi connectivity index (χ4n) is 3.79. The molecule has 0 saturated heterocycles. The van der Waals surface area contributed by atoms with Crippen molar-refractivity contribution in [3.8, 4) is 0 Å². The monoisotopic (exact) mass is 360 g/mol. The van der Waals surface area contributed by atoms with E-state index in [2.05, 4.69) is 66.7 Å². The van der Waals surface area contributed by atoms with Crippen LogP contribution < -0.4 is 0 Å². The highest BCUT2D eigenvalue weighted by molar-refractivity contribution is 6.74. The Balaban J connectivity index is 2.62. The van der Waals surface area contributed by atoms with Crippen molar-refractivity contribution in [3.05, 3.63) is 48.0 Å². The number of hydrogen-bond donors (Lipinski definition) is 0. The number of carbonyl (C=O) groups is 1. The van der Waals surface area contributed by atoms with Crippen LogP contribution in [0.2, 0.25) is 10.1 Å². The molecule has 25 heavy (non-hydrogen) atoms. The predicted octanol–water partition coefficient (Wildman–Crippen LogP) is 5.93. The Morgan fingerprint density at radius 2 is 1.56 bits per heavy atom. The maximum atomic E-state index is 12.5. The predicted molar refractivity (Wildman–Crippen MR) is 104 cm³/mol. The van der Waals surface area contributed by atoms with E-state index in [1.165, 1.54) is 0 Å². The molecule has 1 aromatic carbocycles. The Labute approximate surface area is 153 Å². The Morgan fingerprint density at radius 1 is 1.00 bits per heavy atom. The highest BCUT2D eigenvalue weighted by Crippen LogP contribution is 2.55. The highest BCUT2D eigenvalue weighted by atomic mass is 28.4. The summed E-state index contributed by atoms with van der Waals surface area (Å²) in [5, 5.41) is -0.504. The first-order valence-corrected chi connectivity index (χ1v) is 10.9. The number of benzene rings is 1. The Bertz CT molecular complexity index is 609. The van der Waals surface area contributed by atoms with Crippen molar-refractivity contribution in [2.45, 2.75) is 71.1 Å². The lowest BCUT2D eigenvalue weighted by Gasteiger charge is -2.49. The average molecular weight is 361 g/mol. The molecule has 4 heteroatoms. The van der Waals surface area contributed by atoms with Crippen molar-refractivity contribution in [2.75, 3.05) is 0 Å². The molecule has 0 unspecified atom stereocenters. The molecular weight excluding hydrogens is 328 g/mol. The molecule has 2 atom stereocenters. The summed E-state index contributed by atoms with van der Waals surface area (Å²) in [7, 11) is -2.94. The van der Waals surface area contributed by atoms with E-state index in [-0.39, 0.29) is 28.1 Å². The number of hydrogen-bond acceptors (Lipinski definition) is 3. The lowest BCUT2D eigenvalue weighted by molar-refractivity contribution is -0.137. The molecule has 0 aliphatic carbocycles. The van der Waals surface area contributed by atoms with Gasteiger partial charge in [0.15, 0.2) is 0 Å². The van der Waals surface area contributed by atoms with Gasteiger partial charge in [-0.3, -0.25) is 4.79 Å². The van der Waals surface area contributed by atoms with Crippen LogP contribution in [0.25, 0.3) is 0 Å². The lowest BCUT2D eigenvalue weighted by atomic mass is 9.97. The maximum absolute atomic E-state index is 12.5. The molecule has 1 aliphatic rings. The first-order valence-electron chi connectivity index (χ1n) is 9.09. The van der Waals surface area contributed by atoms with Gasteiger partial charge >= 0.3 is 8.56 Å². The molecule has 138 valence electrons. The van der Waals surface area contributed by atoms with E-state index in [1.54, 1.807) is 0 Å². The second-order valence-corrected chi connectivity index (χ2v) is 13.7. The fraction of sp³-hybridized carbons (Fsp3) is 0.571. The van der Waals surface area contributed by atoms with Crippen molar-refractivity contribution in [2.24, 2.45) is 5.92 Å². The van der Waals surface area contributed by atoms with Gasteiger partial charge in [0.25, 0.3) is 5.97 Å². The van der Waals surface area contributed by atoms with Crippen LogP contribution in [-0.2, 0) is 13.6 Å². The van der Waals surface area contributed by atoms with Gasteiger partial charge in [-0.1, -0.05) is 91.0 Å². The molecule has 0 radical (unpaired) electrons. The molecule has 0 spiro atoms. The molecule has 0 bridgehead atoms. The lowest BCUT2D eigenvalue weighted by Crippen LogP contribution is -2.59. The van der Waals surface area contributed by atoms with Crippen LogP contribution in [0.1, 0.15) is 66.6 Å². The summed E-state index contributed by atoms with van der Waals surface area (Å²) in [6.07, 6.45) is 4.17. The molecule has 0 amide bonds. The van der Waals surface area contributed by atoms with E-state index in [0.29, 0.717) is 6.42 Å². The quantitative estimate of drug-likeness (QED) is 0.460. The zero-order valence-corrected chi connectivity index (χ0v) is 17.6. The summed E-state index contributed by atoms with van der Waals surface area (Å²) in [5.74, 6) is -0.0258. The molecule has 0 saturated carbocycles. The van der Waals surface area contributed by atoms with Crippen molar-refractivity contribution in [3.63, 3.8) is 0 Å². The van der Waals surface area contributed by atoms with Gasteiger partial charge in [-0.15, -0.1) is 0 Å². The van der Waals surface area contributed by atoms with E-state index >= 15 is 0 Å².